The van der Waals surface area contributed by atoms with Crippen LogP contribution in [0.1, 0.15) is 52.4 Å². The van der Waals surface area contributed by atoms with Crippen LogP contribution in [0, 0.1) is 0 Å². The maximum Gasteiger partial charge on any atom is 0.222 e. The van der Waals surface area contributed by atoms with Gasteiger partial charge in [0.25, 0.3) is 0 Å². The van der Waals surface area contributed by atoms with Crippen molar-refractivity contribution in [1.82, 2.24) is 9.80 Å². The number of epoxide rings is 1. The molecule has 0 N–H and O–H groups in total. The standard InChI is InChI=1S/C9H15NO2.C8H13NO2.C3H9IOS/c1-2-8(11)10-5-3-9(4-6-10)7-12-9;1-2-8(11)9-5-3-7(10)4-6-9;1-6(2,3,4)5/h2-7H2,1H3;2-6H2,1H3;1-3H3. The maximum atomic E-state index is 11.3. The number of amides is 2. The monoisotopic (exact) mass is 544 g/mol. The van der Waals surface area contributed by atoms with E-state index in [4.69, 9.17) is 4.74 Å². The smallest absolute Gasteiger partial charge is 0.222 e. The fourth-order valence-electron chi connectivity index (χ4n) is 3.01. The lowest BCUT2D eigenvalue weighted by Crippen LogP contribution is -2.41. The zero-order valence-electron chi connectivity index (χ0n) is 18.5. The van der Waals surface area contributed by atoms with Crippen molar-refractivity contribution in [2.24, 2.45) is 0 Å². The number of halogens is 1. The topological polar surface area (TPSA) is 87.3 Å². The van der Waals surface area contributed by atoms with Crippen molar-refractivity contribution in [2.45, 2.75) is 58.0 Å². The lowest BCUT2D eigenvalue weighted by Gasteiger charge is -2.30. The van der Waals surface area contributed by atoms with E-state index in [0.29, 0.717) is 38.8 Å². The summed E-state index contributed by atoms with van der Waals surface area (Å²) in [6.45, 7) is 7.73. The molecule has 7 nitrogen and oxygen atoms in total. The van der Waals surface area contributed by atoms with Crippen LogP contribution in [-0.4, -0.2) is 88.8 Å². The summed E-state index contributed by atoms with van der Waals surface area (Å²) in [6.07, 6.45) is 7.47. The third-order valence-electron chi connectivity index (χ3n) is 4.86. The number of rotatable bonds is 2. The molecule has 0 aromatic rings. The van der Waals surface area contributed by atoms with Gasteiger partial charge in [-0.2, -0.15) is 0 Å². The van der Waals surface area contributed by atoms with Gasteiger partial charge in [0, 0.05) is 73.1 Å². The molecule has 3 fully saturated rings. The molecule has 0 aromatic heterocycles. The Morgan fingerprint density at radius 2 is 1.31 bits per heavy atom. The van der Waals surface area contributed by atoms with Gasteiger partial charge in [-0.1, -0.05) is 20.1 Å². The zero-order valence-corrected chi connectivity index (χ0v) is 21.5. The van der Waals surface area contributed by atoms with Gasteiger partial charge in [0.05, 0.1) is 12.2 Å². The molecule has 0 atom stereocenters. The molecule has 3 rings (SSSR count). The van der Waals surface area contributed by atoms with Gasteiger partial charge in [-0.25, -0.2) is 0 Å². The van der Waals surface area contributed by atoms with E-state index < -0.39 is 6.24 Å². The van der Waals surface area contributed by atoms with Crippen molar-refractivity contribution in [3.05, 3.63) is 0 Å². The molecule has 0 unspecified atom stereocenters. The molecule has 29 heavy (non-hydrogen) atoms. The van der Waals surface area contributed by atoms with Gasteiger partial charge in [-0.15, -0.1) is 0 Å². The molecule has 3 aliphatic rings. The van der Waals surface area contributed by atoms with Crippen LogP contribution < -0.4 is 0 Å². The van der Waals surface area contributed by atoms with Crippen molar-refractivity contribution < 1.29 is 23.3 Å². The summed E-state index contributed by atoms with van der Waals surface area (Å²) in [7, 11) is 0. The van der Waals surface area contributed by atoms with Crippen LogP contribution >= 0.6 is 21.2 Å². The number of ketones is 1. The van der Waals surface area contributed by atoms with Crippen molar-refractivity contribution >= 4 is 45.0 Å². The van der Waals surface area contributed by atoms with Gasteiger partial charge in [0.15, 0.2) is 0 Å². The number of carbonyl (C=O) groups excluding carboxylic acids is 3. The second-order valence-corrected chi connectivity index (χ2v) is 22.2. The van der Waals surface area contributed by atoms with Crippen molar-refractivity contribution in [1.29, 1.82) is 0 Å². The van der Waals surface area contributed by atoms with Gasteiger partial charge in [-0.05, 0) is 31.6 Å². The summed E-state index contributed by atoms with van der Waals surface area (Å²) in [6, 6.07) is 0. The van der Waals surface area contributed by atoms with Gasteiger partial charge in [0.1, 0.15) is 5.78 Å². The fraction of sp³-hybridized carbons (Fsp3) is 0.850. The average Bonchev–Trinajstić information content (AvgIpc) is 3.39. The molecule has 9 heteroatoms. The van der Waals surface area contributed by atoms with Crippen LogP contribution in [0.3, 0.4) is 0 Å². The Morgan fingerprint density at radius 1 is 0.966 bits per heavy atom. The molecule has 0 aliphatic carbocycles. The molecule has 3 aliphatic heterocycles. The predicted molar refractivity (Wildman–Crippen MR) is 126 cm³/mol. The van der Waals surface area contributed by atoms with Crippen LogP contribution in [0.5, 0.6) is 0 Å². The van der Waals surface area contributed by atoms with E-state index >= 15 is 0 Å². The van der Waals surface area contributed by atoms with Crippen LogP contribution in [0.4, 0.5) is 0 Å². The first-order valence-electron chi connectivity index (χ1n) is 10.3. The lowest BCUT2D eigenvalue weighted by atomic mass is 9.98. The Bertz CT molecular complexity index is 628. The summed E-state index contributed by atoms with van der Waals surface area (Å²) < 4.78 is 16.1. The second-order valence-electron chi connectivity index (χ2n) is 8.73. The molecule has 1 spiro atoms. The van der Waals surface area contributed by atoms with Gasteiger partial charge < -0.3 is 14.5 Å². The number of nitrogens with zero attached hydrogens (tertiary/aromatic N) is 2. The highest BCUT2D eigenvalue weighted by atomic mass is 127. The summed E-state index contributed by atoms with van der Waals surface area (Å²) in [5, 5.41) is 0. The fourth-order valence-corrected chi connectivity index (χ4v) is 3.01. The Hall–Kier alpha value is -0.550. The molecule has 170 valence electrons. The Kier molecular flexibility index (Phi) is 9.73. The molecule has 0 radical (unpaired) electrons. The number of likely N-dealkylation sites (tertiary alicyclic amines) is 2. The minimum atomic E-state index is -2.13. The third kappa shape index (κ3) is 12.0. The first kappa shape index (κ1) is 26.5. The number of hydrogen-bond acceptors (Lipinski definition) is 5. The SMILES string of the molecule is CCC(=O)N1CCC(=O)CC1.CCC(=O)N1CCC2(CC1)CO2.CS(C)(C)(=O)I. The average molecular weight is 544 g/mol. The van der Waals surface area contributed by atoms with Crippen molar-refractivity contribution in [2.75, 3.05) is 51.6 Å². The van der Waals surface area contributed by atoms with E-state index in [-0.39, 0.29) is 23.2 Å². The van der Waals surface area contributed by atoms with E-state index in [9.17, 15) is 18.6 Å². The zero-order chi connectivity index (χ0) is 22.3. The van der Waals surface area contributed by atoms with Crippen LogP contribution in [-0.2, 0) is 25.4 Å². The predicted octanol–water partition coefficient (Wildman–Crippen LogP) is 2.42. The molecule has 0 aromatic carbocycles. The van der Waals surface area contributed by atoms with Crippen LogP contribution in [0.25, 0.3) is 0 Å². The number of piperidine rings is 2. The molecule has 3 heterocycles. The first-order chi connectivity index (χ1) is 13.2. The summed E-state index contributed by atoms with van der Waals surface area (Å²) >= 11 is 1.96. The van der Waals surface area contributed by atoms with Gasteiger partial charge in [0.2, 0.25) is 11.8 Å². The molecular formula is C20H37IN2O5S. The van der Waals surface area contributed by atoms with E-state index in [0.717, 1.165) is 32.5 Å². The number of ether oxygens (including phenoxy) is 1. The van der Waals surface area contributed by atoms with E-state index in [1.54, 1.807) is 23.7 Å². The highest BCUT2D eigenvalue weighted by molar-refractivity contribution is 14.2. The molecule has 3 saturated heterocycles. The maximum absolute atomic E-state index is 11.3. The molecule has 2 amide bonds. The van der Waals surface area contributed by atoms with E-state index in [1.165, 1.54) is 0 Å². The number of carbonyl (C=O) groups is 3. The Balaban J connectivity index is 0.000000231. The molecular weight excluding hydrogens is 507 g/mol. The van der Waals surface area contributed by atoms with Crippen LogP contribution in [0.2, 0.25) is 0 Å². The summed E-state index contributed by atoms with van der Waals surface area (Å²) in [4.78, 5) is 36.9. The van der Waals surface area contributed by atoms with Crippen molar-refractivity contribution in [3.63, 3.8) is 0 Å². The quantitative estimate of drug-likeness (QED) is 0.303. The molecule has 0 bridgehead atoms. The Morgan fingerprint density at radius 3 is 1.62 bits per heavy atom. The minimum absolute atomic E-state index is 0.164. The normalized spacial score (nSPS) is 21.7. The second kappa shape index (κ2) is 10.7. The van der Waals surface area contributed by atoms with Crippen molar-refractivity contribution in [3.8, 4) is 0 Å². The highest BCUT2D eigenvalue weighted by Gasteiger charge is 2.47. The highest BCUT2D eigenvalue weighted by Crippen LogP contribution is 2.37. The third-order valence-corrected chi connectivity index (χ3v) is 4.86. The summed E-state index contributed by atoms with van der Waals surface area (Å²) in [5.41, 5.74) is 0.199. The molecule has 0 saturated carbocycles. The number of Topliss-reactive ketones (excluding diaryl/α,β-unsaturated/α-hetero) is 1. The van der Waals surface area contributed by atoms with E-state index in [1.807, 2.05) is 40.0 Å². The Labute approximate surface area is 187 Å². The first-order valence-corrected chi connectivity index (χ1v) is 16.0. The van der Waals surface area contributed by atoms with Gasteiger partial charge in [-0.3, -0.25) is 18.6 Å². The van der Waals surface area contributed by atoms with Gasteiger partial charge >= 0.3 is 0 Å². The van der Waals surface area contributed by atoms with Crippen LogP contribution in [0.15, 0.2) is 0 Å². The van der Waals surface area contributed by atoms with E-state index in [2.05, 4.69) is 0 Å². The number of hydrogen-bond donors (Lipinski definition) is 0. The minimum Gasteiger partial charge on any atom is -0.369 e. The largest absolute Gasteiger partial charge is 0.369 e. The lowest BCUT2D eigenvalue weighted by molar-refractivity contribution is -0.134. The summed E-state index contributed by atoms with van der Waals surface area (Å²) in [5.74, 6) is 0.730.